The molecule has 0 radical (unpaired) electrons. The Hall–Kier alpha value is -0.370. The molecule has 0 aromatic carbocycles. The molecule has 0 aromatic heterocycles. The maximum atomic E-state index is 11.0. The molecule has 1 aliphatic heterocycles. The Bertz CT molecular complexity index is 116. The fourth-order valence-corrected chi connectivity index (χ4v) is 0.944. The summed E-state index contributed by atoms with van der Waals surface area (Å²) in [7, 11) is 0. The maximum absolute atomic E-state index is 11.0. The van der Waals surface area contributed by atoms with Crippen molar-refractivity contribution in [2.75, 3.05) is 6.61 Å². The molecule has 0 N–H and O–H groups in total. The summed E-state index contributed by atoms with van der Waals surface area (Å²) < 4.78 is 4.85. The molecule has 0 spiro atoms. The second-order valence-electron chi connectivity index (χ2n) is 2.75. The standard InChI is InChI=1S/C8H14O2/c1-2-3-4-5-7(9)8-6-10-8/h8H,2-6H2,1H3/t8-/m1/s1. The van der Waals surface area contributed by atoms with Crippen molar-refractivity contribution in [3.63, 3.8) is 0 Å². The summed E-state index contributed by atoms with van der Waals surface area (Å²) in [6.45, 7) is 2.81. The van der Waals surface area contributed by atoms with E-state index < -0.39 is 0 Å². The topological polar surface area (TPSA) is 29.6 Å². The smallest absolute Gasteiger partial charge is 0.163 e. The van der Waals surface area contributed by atoms with Crippen LogP contribution in [-0.2, 0) is 9.53 Å². The van der Waals surface area contributed by atoms with Crippen LogP contribution in [0.15, 0.2) is 0 Å². The second-order valence-corrected chi connectivity index (χ2v) is 2.75. The summed E-state index contributed by atoms with van der Waals surface area (Å²) in [6.07, 6.45) is 4.09. The van der Waals surface area contributed by atoms with Crippen molar-refractivity contribution in [3.8, 4) is 0 Å². The summed E-state index contributed by atoms with van der Waals surface area (Å²) in [5.74, 6) is 0.299. The molecule has 1 aliphatic rings. The van der Waals surface area contributed by atoms with Crippen molar-refractivity contribution in [1.29, 1.82) is 0 Å². The van der Waals surface area contributed by atoms with Gasteiger partial charge < -0.3 is 4.74 Å². The summed E-state index contributed by atoms with van der Waals surface area (Å²) >= 11 is 0. The van der Waals surface area contributed by atoms with E-state index in [4.69, 9.17) is 4.74 Å². The Kier molecular flexibility index (Phi) is 2.87. The third kappa shape index (κ3) is 2.48. The van der Waals surface area contributed by atoms with Crippen LogP contribution in [-0.4, -0.2) is 18.5 Å². The first kappa shape index (κ1) is 7.73. The van der Waals surface area contributed by atoms with E-state index in [0.29, 0.717) is 12.4 Å². The predicted octanol–water partition coefficient (Wildman–Crippen LogP) is 1.53. The molecule has 0 saturated carbocycles. The van der Waals surface area contributed by atoms with Crippen molar-refractivity contribution in [2.24, 2.45) is 0 Å². The van der Waals surface area contributed by atoms with Gasteiger partial charge in [-0.25, -0.2) is 0 Å². The zero-order valence-electron chi connectivity index (χ0n) is 6.43. The van der Waals surface area contributed by atoms with E-state index in [2.05, 4.69) is 6.92 Å². The molecule has 1 atom stereocenters. The molecule has 2 nitrogen and oxygen atoms in total. The van der Waals surface area contributed by atoms with E-state index in [0.717, 1.165) is 12.8 Å². The first-order valence-electron chi connectivity index (χ1n) is 3.99. The molecule has 0 amide bonds. The van der Waals surface area contributed by atoms with Crippen molar-refractivity contribution in [2.45, 2.75) is 38.7 Å². The highest BCUT2D eigenvalue weighted by Crippen LogP contribution is 2.13. The molecule has 0 unspecified atom stereocenters. The average molecular weight is 142 g/mol. The number of unbranched alkanes of at least 4 members (excludes halogenated alkanes) is 2. The van der Waals surface area contributed by atoms with Gasteiger partial charge in [0.05, 0.1) is 6.61 Å². The van der Waals surface area contributed by atoms with E-state index in [9.17, 15) is 4.79 Å². The first-order valence-corrected chi connectivity index (χ1v) is 3.99. The van der Waals surface area contributed by atoms with Gasteiger partial charge in [0.2, 0.25) is 0 Å². The quantitative estimate of drug-likeness (QED) is 0.430. The van der Waals surface area contributed by atoms with Gasteiger partial charge >= 0.3 is 0 Å². The minimum atomic E-state index is -0.0168. The highest BCUT2D eigenvalue weighted by Gasteiger charge is 2.29. The zero-order chi connectivity index (χ0) is 7.40. The molecule has 1 saturated heterocycles. The number of epoxide rings is 1. The predicted molar refractivity (Wildman–Crippen MR) is 38.9 cm³/mol. The number of Topliss-reactive ketones (excluding diaryl/α,β-unsaturated/α-hetero) is 1. The number of hydrogen-bond acceptors (Lipinski definition) is 2. The van der Waals surface area contributed by atoms with Gasteiger partial charge in [-0.3, -0.25) is 4.79 Å². The lowest BCUT2D eigenvalue weighted by Crippen LogP contribution is -2.05. The van der Waals surface area contributed by atoms with Gasteiger partial charge in [0.15, 0.2) is 5.78 Å². The van der Waals surface area contributed by atoms with Gasteiger partial charge in [0, 0.05) is 6.42 Å². The van der Waals surface area contributed by atoms with E-state index in [1.54, 1.807) is 0 Å². The van der Waals surface area contributed by atoms with Crippen molar-refractivity contribution >= 4 is 5.78 Å². The van der Waals surface area contributed by atoms with Crippen LogP contribution in [0.3, 0.4) is 0 Å². The zero-order valence-corrected chi connectivity index (χ0v) is 6.43. The van der Waals surface area contributed by atoms with Crippen molar-refractivity contribution < 1.29 is 9.53 Å². The fourth-order valence-electron chi connectivity index (χ4n) is 0.944. The van der Waals surface area contributed by atoms with Gasteiger partial charge in [-0.15, -0.1) is 0 Å². The van der Waals surface area contributed by atoms with Crippen LogP contribution in [0, 0.1) is 0 Å². The van der Waals surface area contributed by atoms with Crippen LogP contribution >= 0.6 is 0 Å². The minimum Gasteiger partial charge on any atom is -0.365 e. The lowest BCUT2D eigenvalue weighted by molar-refractivity contribution is -0.120. The summed E-state index contributed by atoms with van der Waals surface area (Å²) in [5, 5.41) is 0. The Labute approximate surface area is 61.6 Å². The van der Waals surface area contributed by atoms with Gasteiger partial charge in [0.25, 0.3) is 0 Å². The monoisotopic (exact) mass is 142 g/mol. The van der Waals surface area contributed by atoms with Crippen molar-refractivity contribution in [3.05, 3.63) is 0 Å². The lowest BCUT2D eigenvalue weighted by atomic mass is 10.1. The molecule has 1 heterocycles. The van der Waals surface area contributed by atoms with E-state index in [1.807, 2.05) is 0 Å². The molecule has 0 bridgehead atoms. The molecule has 0 aromatic rings. The molecule has 1 rings (SSSR count). The van der Waals surface area contributed by atoms with Crippen LogP contribution in [0.25, 0.3) is 0 Å². The number of ether oxygens (including phenoxy) is 1. The van der Waals surface area contributed by atoms with E-state index in [-0.39, 0.29) is 6.10 Å². The summed E-state index contributed by atoms with van der Waals surface area (Å²) in [5.41, 5.74) is 0. The van der Waals surface area contributed by atoms with Crippen LogP contribution in [0.4, 0.5) is 0 Å². The Morgan fingerprint density at radius 3 is 2.80 bits per heavy atom. The van der Waals surface area contributed by atoms with Crippen LogP contribution in [0.1, 0.15) is 32.6 Å². The number of hydrogen-bond donors (Lipinski definition) is 0. The van der Waals surface area contributed by atoms with Crippen LogP contribution in [0.5, 0.6) is 0 Å². The van der Waals surface area contributed by atoms with Gasteiger partial charge in [-0.05, 0) is 6.42 Å². The molecular weight excluding hydrogens is 128 g/mol. The van der Waals surface area contributed by atoms with E-state index >= 15 is 0 Å². The fraction of sp³-hybridized carbons (Fsp3) is 0.875. The molecule has 10 heavy (non-hydrogen) atoms. The Balaban J connectivity index is 1.95. The first-order chi connectivity index (χ1) is 4.84. The Morgan fingerprint density at radius 1 is 1.60 bits per heavy atom. The van der Waals surface area contributed by atoms with Gasteiger partial charge in [-0.2, -0.15) is 0 Å². The Morgan fingerprint density at radius 2 is 2.30 bits per heavy atom. The summed E-state index contributed by atoms with van der Waals surface area (Å²) in [4.78, 5) is 11.0. The lowest BCUT2D eigenvalue weighted by Gasteiger charge is -1.93. The molecular formula is C8H14O2. The highest BCUT2D eigenvalue weighted by atomic mass is 16.6. The van der Waals surface area contributed by atoms with Gasteiger partial charge in [0.1, 0.15) is 6.10 Å². The van der Waals surface area contributed by atoms with Gasteiger partial charge in [-0.1, -0.05) is 19.8 Å². The number of carbonyl (C=O) groups is 1. The highest BCUT2D eigenvalue weighted by molar-refractivity contribution is 5.84. The third-order valence-electron chi connectivity index (χ3n) is 1.72. The molecule has 1 fully saturated rings. The maximum Gasteiger partial charge on any atom is 0.163 e. The minimum absolute atomic E-state index is 0.0168. The molecule has 2 heteroatoms. The van der Waals surface area contributed by atoms with Crippen molar-refractivity contribution in [1.82, 2.24) is 0 Å². The second kappa shape index (κ2) is 3.71. The SMILES string of the molecule is CCCCCC(=O)[C@H]1CO1. The van der Waals surface area contributed by atoms with Crippen LogP contribution in [0.2, 0.25) is 0 Å². The number of rotatable bonds is 5. The largest absolute Gasteiger partial charge is 0.365 e. The molecule has 0 aliphatic carbocycles. The summed E-state index contributed by atoms with van der Waals surface area (Å²) in [6, 6.07) is 0. The van der Waals surface area contributed by atoms with Crippen LogP contribution < -0.4 is 0 Å². The third-order valence-corrected chi connectivity index (χ3v) is 1.72. The normalized spacial score (nSPS) is 22.7. The number of ketones is 1. The van der Waals surface area contributed by atoms with E-state index in [1.165, 1.54) is 12.8 Å². The average Bonchev–Trinajstić information content (AvgIpc) is 2.69. The number of carbonyl (C=O) groups excluding carboxylic acids is 1. The molecule has 58 valence electrons.